The van der Waals surface area contributed by atoms with Crippen molar-refractivity contribution in [3.05, 3.63) is 18.2 Å². The Kier molecular flexibility index (Phi) is 5.13. The molecule has 1 aromatic rings. The van der Waals surface area contributed by atoms with Crippen molar-refractivity contribution in [1.29, 1.82) is 0 Å². The minimum atomic E-state index is -0.335. The summed E-state index contributed by atoms with van der Waals surface area (Å²) in [6, 6.07) is 6.47. The maximum atomic E-state index is 5.46. The van der Waals surface area contributed by atoms with Crippen molar-refractivity contribution in [2.24, 2.45) is 0 Å². The topological polar surface area (TPSA) is 12.5 Å². The summed E-state index contributed by atoms with van der Waals surface area (Å²) in [7, 11) is 5.64. The zero-order chi connectivity index (χ0) is 15.7. The molecule has 0 bridgehead atoms. The molecule has 1 aromatic carbocycles. The van der Waals surface area contributed by atoms with E-state index >= 15 is 0 Å². The van der Waals surface area contributed by atoms with Gasteiger partial charge in [-0.2, -0.15) is 0 Å². The van der Waals surface area contributed by atoms with E-state index in [4.69, 9.17) is 4.74 Å². The minimum Gasteiger partial charge on any atom is -0.497 e. The number of ether oxygens (including phenoxy) is 1. The molecule has 20 heavy (non-hydrogen) atoms. The maximum absolute atomic E-state index is 5.46. The number of hydrogen-bond acceptors (Lipinski definition) is 2. The van der Waals surface area contributed by atoms with Crippen LogP contribution in [0.1, 0.15) is 41.5 Å². The van der Waals surface area contributed by atoms with Gasteiger partial charge in [0.1, 0.15) is 5.75 Å². The van der Waals surface area contributed by atoms with E-state index in [0.29, 0.717) is 0 Å². The van der Waals surface area contributed by atoms with Crippen molar-refractivity contribution < 1.29 is 4.74 Å². The van der Waals surface area contributed by atoms with Gasteiger partial charge in [0.2, 0.25) is 0 Å². The van der Waals surface area contributed by atoms with Gasteiger partial charge >= 0.3 is 0 Å². The fourth-order valence-corrected chi connectivity index (χ4v) is 7.13. The first-order chi connectivity index (χ1) is 8.98. The highest BCUT2D eigenvalue weighted by Gasteiger charge is 2.37. The molecule has 0 aliphatic carbocycles. The molecule has 0 radical (unpaired) electrons. The van der Waals surface area contributed by atoms with Gasteiger partial charge in [0, 0.05) is 25.1 Å². The molecular formula is C17H30NOP. The van der Waals surface area contributed by atoms with Gasteiger partial charge < -0.3 is 9.64 Å². The van der Waals surface area contributed by atoms with Gasteiger partial charge in [-0.25, -0.2) is 0 Å². The number of methoxy groups -OCH3 is 1. The van der Waals surface area contributed by atoms with Gasteiger partial charge in [-0.1, -0.05) is 49.5 Å². The molecule has 114 valence electrons. The van der Waals surface area contributed by atoms with E-state index in [-0.39, 0.29) is 18.2 Å². The van der Waals surface area contributed by atoms with Crippen LogP contribution >= 0.6 is 7.92 Å². The van der Waals surface area contributed by atoms with E-state index in [1.54, 1.807) is 7.11 Å². The normalized spacial score (nSPS) is 12.7. The summed E-state index contributed by atoms with van der Waals surface area (Å²) in [6.45, 7) is 14.1. The third-order valence-electron chi connectivity index (χ3n) is 3.25. The zero-order valence-corrected chi connectivity index (χ0v) is 15.4. The van der Waals surface area contributed by atoms with E-state index in [2.05, 4.69) is 78.7 Å². The van der Waals surface area contributed by atoms with Gasteiger partial charge in [0.25, 0.3) is 0 Å². The van der Waals surface area contributed by atoms with Gasteiger partial charge in [-0.15, -0.1) is 0 Å². The summed E-state index contributed by atoms with van der Waals surface area (Å²) in [5, 5.41) is 1.94. The third kappa shape index (κ3) is 3.88. The molecule has 0 unspecified atom stereocenters. The lowest BCUT2D eigenvalue weighted by Crippen LogP contribution is -2.33. The molecule has 0 fully saturated rings. The van der Waals surface area contributed by atoms with Crippen LogP contribution < -0.4 is 14.9 Å². The standard InChI is InChI=1S/C17H30NOP/c1-16(2,3)20(17(4,5)6)15-12-13(19-9)10-11-14(15)18(7)8/h10-12H,1-9H3. The highest BCUT2D eigenvalue weighted by molar-refractivity contribution is 7.68. The molecule has 0 aliphatic heterocycles. The minimum absolute atomic E-state index is 0.255. The Morgan fingerprint density at radius 2 is 1.45 bits per heavy atom. The number of nitrogens with zero attached hydrogens (tertiary/aromatic N) is 1. The molecular weight excluding hydrogens is 265 g/mol. The Morgan fingerprint density at radius 3 is 1.80 bits per heavy atom. The van der Waals surface area contributed by atoms with Crippen molar-refractivity contribution in [1.82, 2.24) is 0 Å². The Labute approximate surface area is 126 Å². The SMILES string of the molecule is COc1ccc(N(C)C)c(P(C(C)(C)C)C(C)(C)C)c1. The van der Waals surface area contributed by atoms with Crippen LogP contribution in [0.3, 0.4) is 0 Å². The van der Waals surface area contributed by atoms with E-state index in [9.17, 15) is 0 Å². The average Bonchev–Trinajstić information content (AvgIpc) is 2.24. The first-order valence-corrected chi connectivity index (χ1v) is 8.48. The molecule has 0 heterocycles. The van der Waals surface area contributed by atoms with Crippen molar-refractivity contribution in [2.45, 2.75) is 51.9 Å². The first kappa shape index (κ1) is 17.3. The highest BCUT2D eigenvalue weighted by Crippen LogP contribution is 2.59. The van der Waals surface area contributed by atoms with Crippen molar-refractivity contribution in [3.63, 3.8) is 0 Å². The third-order valence-corrected chi connectivity index (χ3v) is 6.77. The van der Waals surface area contributed by atoms with Crippen LogP contribution in [0.15, 0.2) is 18.2 Å². The Hall–Kier alpha value is -0.750. The second kappa shape index (κ2) is 5.93. The Morgan fingerprint density at radius 1 is 0.950 bits per heavy atom. The second-order valence-electron chi connectivity index (χ2n) is 7.43. The number of anilines is 1. The fraction of sp³-hybridized carbons (Fsp3) is 0.647. The predicted molar refractivity (Wildman–Crippen MR) is 93.4 cm³/mol. The van der Waals surface area contributed by atoms with Gasteiger partial charge in [-0.05, 0) is 28.5 Å². The smallest absolute Gasteiger partial charge is 0.119 e. The lowest BCUT2D eigenvalue weighted by atomic mass is 10.2. The Bertz CT molecular complexity index is 441. The van der Waals surface area contributed by atoms with E-state index < -0.39 is 0 Å². The average molecular weight is 295 g/mol. The maximum Gasteiger partial charge on any atom is 0.119 e. The lowest BCUT2D eigenvalue weighted by molar-refractivity contribution is 0.415. The quantitative estimate of drug-likeness (QED) is 0.763. The summed E-state index contributed by atoms with van der Waals surface area (Å²) in [5.74, 6) is 0.951. The molecule has 0 aliphatic rings. The zero-order valence-electron chi connectivity index (χ0n) is 14.5. The molecule has 1 rings (SSSR count). The number of benzene rings is 1. The molecule has 0 N–H and O–H groups in total. The highest BCUT2D eigenvalue weighted by atomic mass is 31.1. The second-order valence-corrected chi connectivity index (χ2v) is 11.3. The van der Waals surface area contributed by atoms with Crippen molar-refractivity contribution in [3.8, 4) is 5.75 Å². The monoisotopic (exact) mass is 295 g/mol. The van der Waals surface area contributed by atoms with Gasteiger partial charge in [0.05, 0.1) is 7.11 Å². The lowest BCUT2D eigenvalue weighted by Gasteiger charge is -2.43. The molecule has 0 amide bonds. The molecule has 0 saturated heterocycles. The van der Waals surface area contributed by atoms with Gasteiger partial charge in [0.15, 0.2) is 0 Å². The van der Waals surface area contributed by atoms with Crippen LogP contribution in [0.5, 0.6) is 5.75 Å². The van der Waals surface area contributed by atoms with Crippen LogP contribution in [-0.4, -0.2) is 31.5 Å². The van der Waals surface area contributed by atoms with Gasteiger partial charge in [-0.3, -0.25) is 0 Å². The predicted octanol–water partition coefficient (Wildman–Crippen LogP) is 4.47. The first-order valence-electron chi connectivity index (χ1n) is 7.14. The van der Waals surface area contributed by atoms with Crippen LogP contribution in [0, 0.1) is 0 Å². The molecule has 0 saturated carbocycles. The summed E-state index contributed by atoms with van der Waals surface area (Å²) in [5.41, 5.74) is 1.31. The molecule has 0 aromatic heterocycles. The molecule has 0 spiro atoms. The van der Waals surface area contributed by atoms with Crippen molar-refractivity contribution in [2.75, 3.05) is 26.1 Å². The fourth-order valence-electron chi connectivity index (χ4n) is 2.92. The van der Waals surface area contributed by atoms with E-state index in [1.807, 2.05) is 0 Å². The largest absolute Gasteiger partial charge is 0.497 e. The summed E-state index contributed by atoms with van der Waals surface area (Å²) >= 11 is 0. The summed E-state index contributed by atoms with van der Waals surface area (Å²) in [4.78, 5) is 2.21. The number of rotatable bonds is 3. The Balaban J connectivity index is 3.53. The van der Waals surface area contributed by atoms with Crippen LogP contribution in [0.2, 0.25) is 0 Å². The summed E-state index contributed by atoms with van der Waals surface area (Å²) in [6.07, 6.45) is 0. The van der Waals surface area contributed by atoms with Crippen molar-refractivity contribution >= 4 is 18.9 Å². The van der Waals surface area contributed by atoms with E-state index in [0.717, 1.165) is 5.75 Å². The van der Waals surface area contributed by atoms with Crippen LogP contribution in [-0.2, 0) is 0 Å². The van der Waals surface area contributed by atoms with E-state index in [1.165, 1.54) is 11.0 Å². The summed E-state index contributed by atoms with van der Waals surface area (Å²) < 4.78 is 5.46. The molecule has 3 heteroatoms. The molecule has 0 atom stereocenters. The number of hydrogen-bond donors (Lipinski definition) is 0. The molecule has 2 nitrogen and oxygen atoms in total. The van der Waals surface area contributed by atoms with Crippen LogP contribution in [0.4, 0.5) is 5.69 Å². The van der Waals surface area contributed by atoms with Crippen LogP contribution in [0.25, 0.3) is 0 Å².